The van der Waals surface area contributed by atoms with Crippen LogP contribution >= 0.6 is 0 Å². The summed E-state index contributed by atoms with van der Waals surface area (Å²) < 4.78 is 0. The van der Waals surface area contributed by atoms with Crippen molar-refractivity contribution in [3.8, 4) is 11.1 Å². The minimum atomic E-state index is 0.686. The third kappa shape index (κ3) is 1.04. The summed E-state index contributed by atoms with van der Waals surface area (Å²) in [6.45, 7) is 6.84. The van der Waals surface area contributed by atoms with Crippen LogP contribution in [0.3, 0.4) is 0 Å². The first kappa shape index (κ1) is 6.87. The van der Waals surface area contributed by atoms with Gasteiger partial charge in [-0.2, -0.15) is 0 Å². The van der Waals surface area contributed by atoms with E-state index in [0.717, 1.165) is 0 Å². The molecular weight excluding hydrogens is 146 g/mol. The second-order valence-corrected chi connectivity index (χ2v) is 2.64. The van der Waals surface area contributed by atoms with Crippen LogP contribution in [0.2, 0.25) is 0 Å². The Morgan fingerprint density at radius 1 is 0.833 bits per heavy atom. The Hall–Kier alpha value is -1.81. The highest BCUT2D eigenvalue weighted by molar-refractivity contribution is 5.68. The normalized spacial score (nSPS) is 9.58. The molecule has 56 valence electrons. The van der Waals surface area contributed by atoms with Crippen molar-refractivity contribution < 1.29 is 0 Å². The van der Waals surface area contributed by atoms with Gasteiger partial charge < -0.3 is 0 Å². The van der Waals surface area contributed by atoms with Crippen molar-refractivity contribution in [2.75, 3.05) is 0 Å². The molecule has 0 unspecified atom stereocenters. The molecule has 2 rings (SSSR count). The number of rotatable bonds is 0. The first-order chi connectivity index (χ1) is 5.90. The van der Waals surface area contributed by atoms with Crippen LogP contribution in [0.25, 0.3) is 16.0 Å². The van der Waals surface area contributed by atoms with Crippen LogP contribution in [-0.2, 0) is 0 Å². The van der Waals surface area contributed by atoms with E-state index in [9.17, 15) is 0 Å². The molecule has 0 fully saturated rings. The molecule has 0 saturated carbocycles. The van der Waals surface area contributed by atoms with Gasteiger partial charge in [-0.15, -0.1) is 0 Å². The molecule has 0 atom stereocenters. The molecule has 2 aliphatic carbocycles. The second-order valence-electron chi connectivity index (χ2n) is 2.64. The summed E-state index contributed by atoms with van der Waals surface area (Å²) in [5.41, 5.74) is 3.06. The number of nitrogens with zero attached hydrogens (tertiary/aromatic N) is 1. The molecular formula is C11H7N. The van der Waals surface area contributed by atoms with Crippen LogP contribution in [0.1, 0.15) is 0 Å². The van der Waals surface area contributed by atoms with Crippen molar-refractivity contribution in [1.82, 2.24) is 0 Å². The summed E-state index contributed by atoms with van der Waals surface area (Å²) >= 11 is 0. The summed E-state index contributed by atoms with van der Waals surface area (Å²) in [6.07, 6.45) is 0. The van der Waals surface area contributed by atoms with Crippen molar-refractivity contribution in [3.05, 3.63) is 53.9 Å². The van der Waals surface area contributed by atoms with Crippen LogP contribution in [-0.4, -0.2) is 0 Å². The van der Waals surface area contributed by atoms with E-state index in [4.69, 9.17) is 6.57 Å². The Kier molecular flexibility index (Phi) is 1.53. The van der Waals surface area contributed by atoms with Crippen molar-refractivity contribution >= 4 is 5.69 Å². The summed E-state index contributed by atoms with van der Waals surface area (Å²) in [5.74, 6) is 0. The molecule has 0 aromatic rings. The maximum Gasteiger partial charge on any atom is 0.187 e. The molecule has 0 bridgehead atoms. The van der Waals surface area contributed by atoms with E-state index in [1.54, 1.807) is 0 Å². The molecule has 0 aromatic heterocycles. The van der Waals surface area contributed by atoms with Gasteiger partial charge in [0.25, 0.3) is 0 Å². The van der Waals surface area contributed by atoms with E-state index in [1.807, 2.05) is 42.5 Å². The fourth-order valence-electron chi connectivity index (χ4n) is 1.23. The molecule has 12 heavy (non-hydrogen) atoms. The van der Waals surface area contributed by atoms with Crippen LogP contribution in [0.5, 0.6) is 0 Å². The summed E-state index contributed by atoms with van der Waals surface area (Å²) in [6, 6.07) is 13.7. The highest BCUT2D eigenvalue weighted by Crippen LogP contribution is 2.23. The third-order valence-electron chi connectivity index (χ3n) is 1.88. The summed E-state index contributed by atoms with van der Waals surface area (Å²) in [4.78, 5) is 3.36. The molecule has 0 aromatic carbocycles. The lowest BCUT2D eigenvalue weighted by atomic mass is 10.2. The maximum atomic E-state index is 6.84. The van der Waals surface area contributed by atoms with Crippen molar-refractivity contribution in [3.63, 3.8) is 0 Å². The Morgan fingerprint density at radius 2 is 1.42 bits per heavy atom. The molecule has 0 radical (unpaired) electrons. The monoisotopic (exact) mass is 153 g/mol. The number of fused-ring (bicyclic) bond motifs is 1. The van der Waals surface area contributed by atoms with Gasteiger partial charge in [0.15, 0.2) is 5.69 Å². The predicted octanol–water partition coefficient (Wildman–Crippen LogP) is 3.34. The first-order valence-electron chi connectivity index (χ1n) is 3.76. The topological polar surface area (TPSA) is 4.36 Å². The maximum absolute atomic E-state index is 6.84. The quantitative estimate of drug-likeness (QED) is 0.511. The molecule has 0 aliphatic heterocycles. The molecule has 0 heterocycles. The highest BCUT2D eigenvalue weighted by Gasteiger charge is 1.97. The van der Waals surface area contributed by atoms with Crippen molar-refractivity contribution in [1.29, 1.82) is 0 Å². The number of hydrogen-bond acceptors (Lipinski definition) is 0. The molecule has 1 nitrogen and oxygen atoms in total. The molecule has 2 aliphatic rings. The summed E-state index contributed by atoms with van der Waals surface area (Å²) in [7, 11) is 0. The fraction of sp³-hybridized carbons (Fsp3) is 0. The average Bonchev–Trinajstić information content (AvgIpc) is 2.46. The first-order valence-corrected chi connectivity index (χ1v) is 3.76. The molecule has 0 saturated heterocycles. The van der Waals surface area contributed by atoms with Gasteiger partial charge >= 0.3 is 0 Å². The van der Waals surface area contributed by atoms with E-state index in [0.29, 0.717) is 5.69 Å². The zero-order valence-electron chi connectivity index (χ0n) is 6.49. The highest BCUT2D eigenvalue weighted by atomic mass is 14.6. The van der Waals surface area contributed by atoms with E-state index in [-0.39, 0.29) is 0 Å². The van der Waals surface area contributed by atoms with E-state index in [2.05, 4.69) is 4.85 Å². The molecule has 1 heteroatoms. The average molecular weight is 153 g/mol. The van der Waals surface area contributed by atoms with Gasteiger partial charge in [0.1, 0.15) is 0 Å². The predicted molar refractivity (Wildman–Crippen MR) is 49.3 cm³/mol. The SMILES string of the molecule is [C-]#[N+]c1ccc2cccc-2cc1. The van der Waals surface area contributed by atoms with Gasteiger partial charge in [0.05, 0.1) is 6.57 Å². The summed E-state index contributed by atoms with van der Waals surface area (Å²) in [5, 5.41) is 0. The minimum Gasteiger partial charge on any atom is -0.238 e. The van der Waals surface area contributed by atoms with Gasteiger partial charge in [-0.25, -0.2) is 4.85 Å². The van der Waals surface area contributed by atoms with Crippen molar-refractivity contribution in [2.24, 2.45) is 0 Å². The fourth-order valence-corrected chi connectivity index (χ4v) is 1.23. The third-order valence-corrected chi connectivity index (χ3v) is 1.88. The zero-order valence-corrected chi connectivity index (χ0v) is 6.49. The molecule has 0 spiro atoms. The van der Waals surface area contributed by atoms with E-state index >= 15 is 0 Å². The van der Waals surface area contributed by atoms with Gasteiger partial charge in [0, 0.05) is 0 Å². The van der Waals surface area contributed by atoms with Gasteiger partial charge in [-0.3, -0.25) is 0 Å². The lowest BCUT2D eigenvalue weighted by Crippen LogP contribution is -1.59. The lowest BCUT2D eigenvalue weighted by Gasteiger charge is -1.86. The molecule has 0 amide bonds. The Bertz CT molecular complexity index is 381. The second kappa shape index (κ2) is 2.67. The Balaban J connectivity index is 2.68. The van der Waals surface area contributed by atoms with E-state index in [1.165, 1.54) is 11.1 Å². The Labute approximate surface area is 71.4 Å². The minimum absolute atomic E-state index is 0.686. The number of hydrogen-bond donors (Lipinski definition) is 0. The van der Waals surface area contributed by atoms with Gasteiger partial charge in [-0.05, 0) is 11.1 Å². The van der Waals surface area contributed by atoms with Crippen LogP contribution in [0.4, 0.5) is 5.69 Å². The zero-order chi connectivity index (χ0) is 8.39. The largest absolute Gasteiger partial charge is 0.238 e. The van der Waals surface area contributed by atoms with E-state index < -0.39 is 0 Å². The van der Waals surface area contributed by atoms with Crippen LogP contribution < -0.4 is 0 Å². The van der Waals surface area contributed by atoms with Crippen LogP contribution in [0, 0.1) is 6.57 Å². The molecule has 0 N–H and O–H groups in total. The van der Waals surface area contributed by atoms with Gasteiger partial charge in [-0.1, -0.05) is 42.5 Å². The standard InChI is InChI=1S/C11H7N/c1-12-11-7-5-9-3-2-4-10(9)6-8-11/h2-8H. The van der Waals surface area contributed by atoms with Crippen molar-refractivity contribution in [2.45, 2.75) is 0 Å². The van der Waals surface area contributed by atoms with Crippen LogP contribution in [0.15, 0.2) is 42.5 Å². The van der Waals surface area contributed by atoms with Gasteiger partial charge in [0.2, 0.25) is 0 Å². The lowest BCUT2D eigenvalue weighted by molar-refractivity contribution is 1.84. The smallest absolute Gasteiger partial charge is 0.187 e. The Morgan fingerprint density at radius 3 is 1.92 bits per heavy atom.